The zero-order valence-electron chi connectivity index (χ0n) is 13.8. The van der Waals surface area contributed by atoms with Gasteiger partial charge in [-0.15, -0.1) is 0 Å². The first kappa shape index (κ1) is 16.0. The van der Waals surface area contributed by atoms with Crippen LogP contribution in [0.3, 0.4) is 0 Å². The maximum atomic E-state index is 13.2. The van der Waals surface area contributed by atoms with Crippen LogP contribution in [-0.2, 0) is 16.6 Å². The number of aryl methyl sites for hydroxylation is 2. The summed E-state index contributed by atoms with van der Waals surface area (Å²) < 4.78 is 33.0. The lowest BCUT2D eigenvalue weighted by molar-refractivity contribution is 0.339. The molecule has 1 aromatic heterocycles. The molecule has 0 saturated carbocycles. The third-order valence-corrected chi connectivity index (χ3v) is 6.50. The molecule has 0 unspecified atom stereocenters. The molecule has 124 valence electrons. The molecule has 1 atom stereocenters. The number of benzene rings is 1. The van der Waals surface area contributed by atoms with E-state index < -0.39 is 10.0 Å². The zero-order valence-corrected chi connectivity index (χ0v) is 14.6. The highest BCUT2D eigenvalue weighted by atomic mass is 32.2. The molecule has 2 aromatic rings. The van der Waals surface area contributed by atoms with Gasteiger partial charge in [-0.25, -0.2) is 8.42 Å². The summed E-state index contributed by atoms with van der Waals surface area (Å²) in [5.41, 5.74) is 2.46. The molecule has 0 bridgehead atoms. The predicted octanol–water partition coefficient (Wildman–Crippen LogP) is 2.32. The van der Waals surface area contributed by atoms with Crippen molar-refractivity contribution in [2.75, 3.05) is 18.5 Å². The fourth-order valence-electron chi connectivity index (χ4n) is 3.21. The summed E-state index contributed by atoms with van der Waals surface area (Å²) in [7, 11) is -1.68. The molecule has 2 heterocycles. The van der Waals surface area contributed by atoms with E-state index in [0.29, 0.717) is 24.5 Å². The van der Waals surface area contributed by atoms with E-state index in [1.54, 1.807) is 18.2 Å². The van der Waals surface area contributed by atoms with Crippen molar-refractivity contribution in [3.8, 4) is 0 Å². The Labute approximate surface area is 136 Å². The van der Waals surface area contributed by atoms with E-state index in [2.05, 4.69) is 10.1 Å². The summed E-state index contributed by atoms with van der Waals surface area (Å²) in [4.78, 5) is 2.29. The minimum atomic E-state index is -3.67. The SMILES string of the molecule is Cc1noc(C)c1S(=O)(=O)N1Cc2ccccc2N(C)C[C@@H]1C. The average molecular weight is 335 g/mol. The van der Waals surface area contributed by atoms with E-state index in [9.17, 15) is 8.42 Å². The van der Waals surface area contributed by atoms with E-state index in [1.807, 2.05) is 38.2 Å². The second kappa shape index (κ2) is 5.65. The molecule has 0 saturated heterocycles. The number of rotatable bonds is 2. The fourth-order valence-corrected chi connectivity index (χ4v) is 5.10. The highest BCUT2D eigenvalue weighted by molar-refractivity contribution is 7.89. The van der Waals surface area contributed by atoms with Gasteiger partial charge in [-0.05, 0) is 32.4 Å². The topological polar surface area (TPSA) is 66.7 Å². The molecule has 0 fully saturated rings. The molecule has 6 nitrogen and oxygen atoms in total. The van der Waals surface area contributed by atoms with E-state index in [4.69, 9.17) is 4.52 Å². The first-order valence-corrected chi connectivity index (χ1v) is 9.00. The molecular weight excluding hydrogens is 314 g/mol. The minimum Gasteiger partial charge on any atom is -0.373 e. The lowest BCUT2D eigenvalue weighted by Gasteiger charge is -2.27. The number of hydrogen-bond donors (Lipinski definition) is 0. The Morgan fingerprint density at radius 2 is 1.96 bits per heavy atom. The molecule has 7 heteroatoms. The summed E-state index contributed by atoms with van der Waals surface area (Å²) >= 11 is 0. The molecule has 1 aliphatic heterocycles. The molecule has 0 spiro atoms. The van der Waals surface area contributed by atoms with E-state index in [-0.39, 0.29) is 10.9 Å². The molecule has 23 heavy (non-hydrogen) atoms. The highest BCUT2D eigenvalue weighted by Gasteiger charge is 2.36. The van der Waals surface area contributed by atoms with Crippen LogP contribution in [0.15, 0.2) is 33.7 Å². The quantitative estimate of drug-likeness (QED) is 0.842. The van der Waals surface area contributed by atoms with Crippen molar-refractivity contribution in [3.05, 3.63) is 41.3 Å². The van der Waals surface area contributed by atoms with Crippen molar-refractivity contribution >= 4 is 15.7 Å². The maximum Gasteiger partial charge on any atom is 0.249 e. The second-order valence-electron chi connectivity index (χ2n) is 6.06. The van der Waals surface area contributed by atoms with Gasteiger partial charge in [-0.1, -0.05) is 23.4 Å². The Kier molecular flexibility index (Phi) is 3.93. The number of anilines is 1. The molecule has 1 aliphatic rings. The van der Waals surface area contributed by atoms with Crippen molar-refractivity contribution < 1.29 is 12.9 Å². The van der Waals surface area contributed by atoms with Crippen LogP contribution in [-0.4, -0.2) is 37.5 Å². The Bertz CT molecular complexity index is 809. The second-order valence-corrected chi connectivity index (χ2v) is 7.89. The Balaban J connectivity index is 2.09. The van der Waals surface area contributed by atoms with Crippen LogP contribution in [0.4, 0.5) is 5.69 Å². The number of nitrogens with zero attached hydrogens (tertiary/aromatic N) is 3. The lowest BCUT2D eigenvalue weighted by atomic mass is 10.1. The number of hydrogen-bond acceptors (Lipinski definition) is 5. The predicted molar refractivity (Wildman–Crippen MR) is 87.9 cm³/mol. The van der Waals surface area contributed by atoms with Crippen LogP contribution in [0, 0.1) is 13.8 Å². The van der Waals surface area contributed by atoms with E-state index in [1.165, 1.54) is 0 Å². The van der Waals surface area contributed by atoms with Crippen LogP contribution in [0.5, 0.6) is 0 Å². The fraction of sp³-hybridized carbons (Fsp3) is 0.438. The number of likely N-dealkylation sites (N-methyl/N-ethyl adjacent to an activating group) is 1. The van der Waals surface area contributed by atoms with Crippen LogP contribution >= 0.6 is 0 Å². The van der Waals surface area contributed by atoms with Gasteiger partial charge in [0.25, 0.3) is 0 Å². The molecule has 0 amide bonds. The smallest absolute Gasteiger partial charge is 0.249 e. The minimum absolute atomic E-state index is 0.161. The lowest BCUT2D eigenvalue weighted by Crippen LogP contribution is -2.42. The Morgan fingerprint density at radius 1 is 1.26 bits per heavy atom. The van der Waals surface area contributed by atoms with E-state index >= 15 is 0 Å². The van der Waals surface area contributed by atoms with Gasteiger partial charge in [0.05, 0.1) is 0 Å². The first-order valence-electron chi connectivity index (χ1n) is 7.56. The standard InChI is InChI=1S/C16H21N3O3S/c1-11-9-18(4)15-8-6-5-7-14(15)10-19(11)23(20,21)16-12(2)17-22-13(16)3/h5-8,11H,9-10H2,1-4H3/t11-/m0/s1. The van der Waals surface area contributed by atoms with Crippen molar-refractivity contribution in [1.29, 1.82) is 0 Å². The molecular formula is C16H21N3O3S. The van der Waals surface area contributed by atoms with Crippen LogP contribution in [0.25, 0.3) is 0 Å². The summed E-state index contributed by atoms with van der Waals surface area (Å²) in [5.74, 6) is 0.334. The van der Waals surface area contributed by atoms with Gasteiger partial charge in [0.1, 0.15) is 10.6 Å². The largest absolute Gasteiger partial charge is 0.373 e. The van der Waals surface area contributed by atoms with Crippen LogP contribution in [0.1, 0.15) is 23.9 Å². The number of aromatic nitrogens is 1. The zero-order chi connectivity index (χ0) is 16.8. The monoisotopic (exact) mass is 335 g/mol. The average Bonchev–Trinajstić information content (AvgIpc) is 2.77. The highest BCUT2D eigenvalue weighted by Crippen LogP contribution is 2.31. The normalized spacial score (nSPS) is 19.5. The Hall–Kier alpha value is -1.86. The van der Waals surface area contributed by atoms with Gasteiger partial charge < -0.3 is 9.42 Å². The first-order chi connectivity index (χ1) is 10.8. The van der Waals surface area contributed by atoms with Gasteiger partial charge in [0.15, 0.2) is 5.76 Å². The van der Waals surface area contributed by atoms with Crippen molar-refractivity contribution in [2.24, 2.45) is 0 Å². The molecule has 0 radical (unpaired) electrons. The summed E-state index contributed by atoms with van der Waals surface area (Å²) in [5, 5.41) is 3.79. The van der Waals surface area contributed by atoms with Gasteiger partial charge in [-0.3, -0.25) is 0 Å². The van der Waals surface area contributed by atoms with Gasteiger partial charge in [0.2, 0.25) is 10.0 Å². The number of para-hydroxylation sites is 1. The maximum absolute atomic E-state index is 13.2. The number of sulfonamides is 1. The third-order valence-electron chi connectivity index (χ3n) is 4.29. The number of fused-ring (bicyclic) bond motifs is 1. The van der Waals surface area contributed by atoms with Crippen molar-refractivity contribution in [2.45, 2.75) is 38.3 Å². The molecule has 0 N–H and O–H groups in total. The van der Waals surface area contributed by atoms with Gasteiger partial charge >= 0.3 is 0 Å². The van der Waals surface area contributed by atoms with Crippen LogP contribution < -0.4 is 4.90 Å². The summed E-state index contributed by atoms with van der Waals surface area (Å²) in [6, 6.07) is 7.74. The summed E-state index contributed by atoms with van der Waals surface area (Å²) in [6.07, 6.45) is 0. The molecule has 0 aliphatic carbocycles. The van der Waals surface area contributed by atoms with Crippen LogP contribution in [0.2, 0.25) is 0 Å². The van der Waals surface area contributed by atoms with Crippen molar-refractivity contribution in [3.63, 3.8) is 0 Å². The van der Waals surface area contributed by atoms with Crippen molar-refractivity contribution in [1.82, 2.24) is 9.46 Å². The summed E-state index contributed by atoms with van der Waals surface area (Å²) in [6.45, 7) is 6.19. The molecule has 1 aromatic carbocycles. The third kappa shape index (κ3) is 2.64. The van der Waals surface area contributed by atoms with E-state index in [0.717, 1.165) is 11.3 Å². The Morgan fingerprint density at radius 3 is 2.61 bits per heavy atom. The molecule has 3 rings (SSSR count). The van der Waals surface area contributed by atoms with Gasteiger partial charge in [-0.2, -0.15) is 4.31 Å². The van der Waals surface area contributed by atoms with Gasteiger partial charge in [0, 0.05) is 31.9 Å².